The first-order chi connectivity index (χ1) is 9.70. The Bertz CT molecular complexity index is 801. The van der Waals surface area contributed by atoms with E-state index in [2.05, 4.69) is 4.98 Å². The molecule has 0 bridgehead atoms. The van der Waals surface area contributed by atoms with Crippen LogP contribution in [-0.2, 0) is 0 Å². The standard InChI is InChI=1S/C14H8ClFN2O2/c15-9-4-3-5-11(13(9)16)20-14-10(8-19)18-7-2-1-6-12(18)17-14/h1-8H. The van der Waals surface area contributed by atoms with Crippen LogP contribution in [0.5, 0.6) is 11.6 Å². The van der Waals surface area contributed by atoms with Gasteiger partial charge in [0.15, 0.2) is 23.5 Å². The van der Waals surface area contributed by atoms with E-state index < -0.39 is 5.82 Å². The van der Waals surface area contributed by atoms with Gasteiger partial charge in [-0.25, -0.2) is 4.39 Å². The molecule has 0 amide bonds. The van der Waals surface area contributed by atoms with Crippen molar-refractivity contribution in [2.24, 2.45) is 0 Å². The fraction of sp³-hybridized carbons (Fsp3) is 0. The number of carbonyl (C=O) groups is 1. The third kappa shape index (κ3) is 2.02. The number of ether oxygens (including phenoxy) is 1. The van der Waals surface area contributed by atoms with Gasteiger partial charge in [0.25, 0.3) is 0 Å². The summed E-state index contributed by atoms with van der Waals surface area (Å²) in [6, 6.07) is 9.63. The molecule has 0 aliphatic heterocycles. The molecule has 2 heterocycles. The zero-order valence-corrected chi connectivity index (χ0v) is 10.8. The minimum Gasteiger partial charge on any atom is -0.434 e. The molecular formula is C14H8ClFN2O2. The Labute approximate surface area is 118 Å². The van der Waals surface area contributed by atoms with Crippen molar-refractivity contribution in [2.45, 2.75) is 0 Å². The van der Waals surface area contributed by atoms with Crippen LogP contribution in [0.4, 0.5) is 4.39 Å². The number of aldehydes is 1. The lowest BCUT2D eigenvalue weighted by Gasteiger charge is -2.05. The molecule has 4 nitrogen and oxygen atoms in total. The summed E-state index contributed by atoms with van der Waals surface area (Å²) in [4.78, 5) is 15.3. The summed E-state index contributed by atoms with van der Waals surface area (Å²) < 4.78 is 20.7. The number of aromatic nitrogens is 2. The molecule has 3 aromatic rings. The Morgan fingerprint density at radius 1 is 1.25 bits per heavy atom. The van der Waals surface area contributed by atoms with Crippen molar-refractivity contribution in [3.8, 4) is 11.6 Å². The normalized spacial score (nSPS) is 10.7. The first-order valence-corrected chi connectivity index (χ1v) is 6.12. The summed E-state index contributed by atoms with van der Waals surface area (Å²) in [7, 11) is 0. The summed E-state index contributed by atoms with van der Waals surface area (Å²) >= 11 is 5.68. The van der Waals surface area contributed by atoms with E-state index in [0.717, 1.165) is 0 Å². The fourth-order valence-corrected chi connectivity index (χ4v) is 2.01. The number of benzene rings is 1. The second-order valence-corrected chi connectivity index (χ2v) is 4.41. The van der Waals surface area contributed by atoms with Gasteiger partial charge >= 0.3 is 0 Å². The number of hydrogen-bond acceptors (Lipinski definition) is 3. The number of nitrogens with zero attached hydrogens (tertiary/aromatic N) is 2. The van der Waals surface area contributed by atoms with E-state index >= 15 is 0 Å². The highest BCUT2D eigenvalue weighted by Gasteiger charge is 2.16. The van der Waals surface area contributed by atoms with Crippen LogP contribution in [0.25, 0.3) is 5.65 Å². The molecule has 0 atom stereocenters. The molecule has 0 N–H and O–H groups in total. The second-order valence-electron chi connectivity index (χ2n) is 4.00. The SMILES string of the molecule is O=Cc1c(Oc2cccc(Cl)c2F)nc2ccccn12. The molecule has 0 unspecified atom stereocenters. The minimum absolute atomic E-state index is 0.0346. The van der Waals surface area contributed by atoms with Crippen molar-refractivity contribution >= 4 is 23.5 Å². The maximum Gasteiger partial charge on any atom is 0.249 e. The molecular weight excluding hydrogens is 283 g/mol. The quantitative estimate of drug-likeness (QED) is 0.690. The molecule has 0 fully saturated rings. The van der Waals surface area contributed by atoms with Gasteiger partial charge in [0.1, 0.15) is 5.65 Å². The van der Waals surface area contributed by atoms with Crippen molar-refractivity contribution in [1.29, 1.82) is 0 Å². The zero-order chi connectivity index (χ0) is 14.1. The largest absolute Gasteiger partial charge is 0.434 e. The lowest BCUT2D eigenvalue weighted by atomic mass is 10.3. The van der Waals surface area contributed by atoms with Crippen LogP contribution >= 0.6 is 11.6 Å². The summed E-state index contributed by atoms with van der Waals surface area (Å²) in [6.07, 6.45) is 2.28. The van der Waals surface area contributed by atoms with Crippen LogP contribution in [0.2, 0.25) is 5.02 Å². The van der Waals surface area contributed by atoms with Crippen molar-refractivity contribution in [2.75, 3.05) is 0 Å². The third-order valence-electron chi connectivity index (χ3n) is 2.77. The number of hydrogen-bond donors (Lipinski definition) is 0. The van der Waals surface area contributed by atoms with Gasteiger partial charge in [-0.3, -0.25) is 9.20 Å². The molecule has 20 heavy (non-hydrogen) atoms. The van der Waals surface area contributed by atoms with Gasteiger partial charge in [0.2, 0.25) is 5.88 Å². The molecule has 3 rings (SSSR count). The average Bonchev–Trinajstić information content (AvgIpc) is 2.81. The van der Waals surface area contributed by atoms with Crippen molar-refractivity contribution in [3.05, 3.63) is 59.1 Å². The van der Waals surface area contributed by atoms with E-state index in [1.54, 1.807) is 34.9 Å². The number of fused-ring (bicyclic) bond motifs is 1. The van der Waals surface area contributed by atoms with Gasteiger partial charge in [-0.05, 0) is 24.3 Å². The molecule has 0 saturated carbocycles. The van der Waals surface area contributed by atoms with Crippen LogP contribution in [-0.4, -0.2) is 15.7 Å². The second kappa shape index (κ2) is 4.94. The van der Waals surface area contributed by atoms with Crippen LogP contribution in [0, 0.1) is 5.82 Å². The maximum absolute atomic E-state index is 13.8. The van der Waals surface area contributed by atoms with Crippen LogP contribution in [0.3, 0.4) is 0 Å². The van der Waals surface area contributed by atoms with Crippen LogP contribution in [0.1, 0.15) is 10.5 Å². The topological polar surface area (TPSA) is 43.6 Å². The van der Waals surface area contributed by atoms with Gasteiger partial charge in [-0.2, -0.15) is 4.98 Å². The number of imidazole rings is 1. The van der Waals surface area contributed by atoms with E-state index in [-0.39, 0.29) is 22.3 Å². The predicted molar refractivity (Wildman–Crippen MR) is 72.1 cm³/mol. The number of pyridine rings is 1. The highest BCUT2D eigenvalue weighted by molar-refractivity contribution is 6.30. The molecule has 2 aromatic heterocycles. The summed E-state index contributed by atoms with van der Waals surface area (Å²) in [6.45, 7) is 0. The summed E-state index contributed by atoms with van der Waals surface area (Å²) in [5.41, 5.74) is 0.743. The van der Waals surface area contributed by atoms with E-state index in [4.69, 9.17) is 16.3 Å². The molecule has 1 aromatic carbocycles. The molecule has 6 heteroatoms. The summed E-state index contributed by atoms with van der Waals surface area (Å²) in [5, 5.41) is -0.0566. The van der Waals surface area contributed by atoms with Crippen molar-refractivity contribution in [1.82, 2.24) is 9.38 Å². The Balaban J connectivity index is 2.11. The minimum atomic E-state index is -0.692. The maximum atomic E-state index is 13.8. The van der Waals surface area contributed by atoms with E-state index in [1.807, 2.05) is 0 Å². The average molecular weight is 291 g/mol. The number of rotatable bonds is 3. The Hall–Kier alpha value is -2.40. The molecule has 0 spiro atoms. The predicted octanol–water partition coefficient (Wildman–Crippen LogP) is 3.73. The highest BCUT2D eigenvalue weighted by atomic mass is 35.5. The Kier molecular flexibility index (Phi) is 3.12. The van der Waals surface area contributed by atoms with Gasteiger partial charge in [-0.1, -0.05) is 23.7 Å². The van der Waals surface area contributed by atoms with Gasteiger partial charge in [0, 0.05) is 6.20 Å². The molecule has 0 aliphatic carbocycles. The van der Waals surface area contributed by atoms with Gasteiger partial charge in [-0.15, -0.1) is 0 Å². The smallest absolute Gasteiger partial charge is 0.249 e. The zero-order valence-electron chi connectivity index (χ0n) is 10.1. The van der Waals surface area contributed by atoms with Crippen molar-refractivity contribution < 1.29 is 13.9 Å². The molecule has 0 saturated heterocycles. The van der Waals surface area contributed by atoms with Crippen LogP contribution in [0.15, 0.2) is 42.6 Å². The first kappa shape index (κ1) is 12.6. The third-order valence-corrected chi connectivity index (χ3v) is 3.06. The van der Waals surface area contributed by atoms with Gasteiger partial charge < -0.3 is 4.74 Å². The fourth-order valence-electron chi connectivity index (χ4n) is 1.84. The summed E-state index contributed by atoms with van der Waals surface area (Å²) in [5.74, 6) is -0.737. The van der Waals surface area contributed by atoms with E-state index in [0.29, 0.717) is 11.9 Å². The van der Waals surface area contributed by atoms with Crippen molar-refractivity contribution in [3.63, 3.8) is 0 Å². The van der Waals surface area contributed by atoms with Crippen LogP contribution < -0.4 is 4.74 Å². The monoisotopic (exact) mass is 290 g/mol. The molecule has 0 aliphatic rings. The number of halogens is 2. The van der Waals surface area contributed by atoms with E-state index in [9.17, 15) is 9.18 Å². The Morgan fingerprint density at radius 2 is 2.10 bits per heavy atom. The lowest BCUT2D eigenvalue weighted by molar-refractivity contribution is 0.111. The first-order valence-electron chi connectivity index (χ1n) is 5.75. The van der Waals surface area contributed by atoms with E-state index in [1.165, 1.54) is 12.1 Å². The lowest BCUT2D eigenvalue weighted by Crippen LogP contribution is -1.94. The highest BCUT2D eigenvalue weighted by Crippen LogP contribution is 2.30. The Morgan fingerprint density at radius 3 is 2.90 bits per heavy atom. The molecule has 0 radical (unpaired) electrons. The van der Waals surface area contributed by atoms with Gasteiger partial charge in [0.05, 0.1) is 5.02 Å². The molecule has 100 valence electrons. The number of carbonyl (C=O) groups excluding carboxylic acids is 1.